The quantitative estimate of drug-likeness (QED) is 0.388. The third kappa shape index (κ3) is 3.66. The summed E-state index contributed by atoms with van der Waals surface area (Å²) in [5.74, 6) is 0. The molecule has 0 fully saturated rings. The minimum Gasteiger partial charge on any atom is -0.318 e. The van der Waals surface area contributed by atoms with Crippen molar-refractivity contribution in [2.24, 2.45) is 4.99 Å². The summed E-state index contributed by atoms with van der Waals surface area (Å²) in [6.45, 7) is 4.61. The fourth-order valence-corrected chi connectivity index (χ4v) is 2.89. The molecule has 0 atom stereocenters. The third-order valence-corrected chi connectivity index (χ3v) is 4.12. The van der Waals surface area contributed by atoms with Gasteiger partial charge < -0.3 is 4.57 Å². The van der Waals surface area contributed by atoms with E-state index < -0.39 is 0 Å². The van der Waals surface area contributed by atoms with Crippen LogP contribution in [0, 0.1) is 24.0 Å². The molecule has 0 aliphatic rings. The Morgan fingerprint density at radius 1 is 1.08 bits per heavy atom. The van der Waals surface area contributed by atoms with Crippen LogP contribution in [-0.2, 0) is 6.54 Å². The van der Waals surface area contributed by atoms with Crippen LogP contribution in [0.4, 0.5) is 5.69 Å². The number of nitrogens with zero attached hydrogens (tertiary/aromatic N) is 3. The second-order valence-electron chi connectivity index (χ2n) is 5.89. The molecule has 0 amide bonds. The Hall–Kier alpha value is -3.21. The van der Waals surface area contributed by atoms with Gasteiger partial charge in [0.2, 0.25) is 0 Å². The van der Waals surface area contributed by atoms with Crippen molar-refractivity contribution >= 4 is 11.9 Å². The van der Waals surface area contributed by atoms with Crippen molar-refractivity contribution in [2.75, 3.05) is 0 Å². The third-order valence-electron chi connectivity index (χ3n) is 4.12. The zero-order valence-electron chi connectivity index (χ0n) is 14.2. The van der Waals surface area contributed by atoms with Crippen molar-refractivity contribution in [1.82, 2.24) is 4.57 Å². The molecule has 2 aromatic carbocycles. The van der Waals surface area contributed by atoms with Gasteiger partial charge in [-0.3, -0.25) is 15.1 Å². The molecule has 0 unspecified atom stereocenters. The number of aryl methyl sites for hydroxylation is 1. The Kier molecular flexibility index (Phi) is 4.75. The molecule has 0 spiro atoms. The molecule has 1 heterocycles. The normalized spacial score (nSPS) is 11.1. The molecule has 126 valence electrons. The van der Waals surface area contributed by atoms with Gasteiger partial charge in [0.1, 0.15) is 0 Å². The van der Waals surface area contributed by atoms with Gasteiger partial charge in [-0.1, -0.05) is 36.4 Å². The lowest BCUT2D eigenvalue weighted by atomic mass is 10.2. The maximum atomic E-state index is 11.0. The van der Waals surface area contributed by atoms with Crippen molar-refractivity contribution in [3.8, 4) is 5.69 Å². The summed E-state index contributed by atoms with van der Waals surface area (Å²) in [6, 6.07) is 18.8. The molecule has 0 bridgehead atoms. The van der Waals surface area contributed by atoms with Crippen molar-refractivity contribution in [1.29, 1.82) is 0 Å². The van der Waals surface area contributed by atoms with Crippen molar-refractivity contribution in [2.45, 2.75) is 20.4 Å². The van der Waals surface area contributed by atoms with Gasteiger partial charge in [-0.15, -0.1) is 0 Å². The molecule has 5 nitrogen and oxygen atoms in total. The fraction of sp³-hybridized carbons (Fsp3) is 0.150. The lowest BCUT2D eigenvalue weighted by Crippen LogP contribution is -2.00. The van der Waals surface area contributed by atoms with E-state index in [2.05, 4.69) is 4.99 Å². The predicted molar refractivity (Wildman–Crippen MR) is 99.6 cm³/mol. The molecule has 0 saturated carbocycles. The lowest BCUT2D eigenvalue weighted by molar-refractivity contribution is -0.384. The van der Waals surface area contributed by atoms with Crippen molar-refractivity contribution in [3.63, 3.8) is 0 Å². The number of aliphatic imine (C=N–C) groups is 1. The summed E-state index contributed by atoms with van der Waals surface area (Å²) in [4.78, 5) is 15.2. The average Bonchev–Trinajstić information content (AvgIpc) is 2.90. The number of benzene rings is 2. The van der Waals surface area contributed by atoms with Crippen molar-refractivity contribution < 1.29 is 4.92 Å². The van der Waals surface area contributed by atoms with Crippen LogP contribution in [0.3, 0.4) is 0 Å². The van der Waals surface area contributed by atoms with E-state index in [4.69, 9.17) is 0 Å². The zero-order chi connectivity index (χ0) is 17.8. The molecule has 0 aliphatic carbocycles. The van der Waals surface area contributed by atoms with Crippen LogP contribution in [0.25, 0.3) is 5.69 Å². The highest BCUT2D eigenvalue weighted by molar-refractivity contribution is 5.82. The molecule has 3 rings (SSSR count). The molecule has 5 heteroatoms. The van der Waals surface area contributed by atoms with E-state index in [1.54, 1.807) is 12.1 Å². The first kappa shape index (κ1) is 16.6. The summed E-state index contributed by atoms with van der Waals surface area (Å²) in [5.41, 5.74) is 5.07. The second-order valence-corrected chi connectivity index (χ2v) is 5.89. The van der Waals surface area contributed by atoms with Gasteiger partial charge in [-0.25, -0.2) is 0 Å². The number of nitro groups is 1. The van der Waals surface area contributed by atoms with E-state index >= 15 is 0 Å². The van der Waals surface area contributed by atoms with Crippen LogP contribution in [0.5, 0.6) is 0 Å². The Morgan fingerprint density at radius 2 is 1.84 bits per heavy atom. The van der Waals surface area contributed by atoms with Crippen LogP contribution in [-0.4, -0.2) is 15.7 Å². The van der Waals surface area contributed by atoms with E-state index in [1.165, 1.54) is 6.07 Å². The molecule has 0 radical (unpaired) electrons. The highest BCUT2D eigenvalue weighted by Gasteiger charge is 2.12. The molecular weight excluding hydrogens is 314 g/mol. The summed E-state index contributed by atoms with van der Waals surface area (Å²) in [6.07, 6.45) is 1.86. The topological polar surface area (TPSA) is 60.4 Å². The largest absolute Gasteiger partial charge is 0.318 e. The SMILES string of the molecule is Cc1cc(C=NCc2ccccc2)c(C)n1-c1cccc([N+](=O)[O-])c1. The van der Waals surface area contributed by atoms with Crippen LogP contribution >= 0.6 is 0 Å². The van der Waals surface area contributed by atoms with E-state index in [0.717, 1.165) is 28.2 Å². The maximum absolute atomic E-state index is 11.0. The maximum Gasteiger partial charge on any atom is 0.271 e. The highest BCUT2D eigenvalue weighted by Crippen LogP contribution is 2.23. The molecule has 0 aliphatic heterocycles. The Labute approximate surface area is 146 Å². The fourth-order valence-electron chi connectivity index (χ4n) is 2.89. The molecule has 25 heavy (non-hydrogen) atoms. The number of aromatic nitrogens is 1. The lowest BCUT2D eigenvalue weighted by Gasteiger charge is -2.09. The summed E-state index contributed by atoms with van der Waals surface area (Å²) in [7, 11) is 0. The molecular formula is C20H19N3O2. The van der Waals surface area contributed by atoms with Gasteiger partial charge in [0, 0.05) is 35.3 Å². The first-order valence-corrected chi connectivity index (χ1v) is 8.04. The van der Waals surface area contributed by atoms with E-state index in [0.29, 0.717) is 6.54 Å². The first-order valence-electron chi connectivity index (χ1n) is 8.04. The zero-order valence-corrected chi connectivity index (χ0v) is 14.2. The van der Waals surface area contributed by atoms with Gasteiger partial charge >= 0.3 is 0 Å². The number of hydrogen-bond donors (Lipinski definition) is 0. The standard InChI is InChI=1S/C20H19N3O2/c1-15-11-18(14-21-13-17-7-4-3-5-8-17)16(2)22(15)19-9-6-10-20(12-19)23(24)25/h3-12,14H,13H2,1-2H3. The van der Waals surface area contributed by atoms with Crippen LogP contribution in [0.1, 0.15) is 22.5 Å². The van der Waals surface area contributed by atoms with E-state index in [-0.39, 0.29) is 10.6 Å². The molecule has 1 aromatic heterocycles. The minimum atomic E-state index is -0.375. The van der Waals surface area contributed by atoms with Gasteiger partial charge in [0.15, 0.2) is 0 Å². The number of hydrogen-bond acceptors (Lipinski definition) is 3. The van der Waals surface area contributed by atoms with Gasteiger partial charge in [-0.2, -0.15) is 0 Å². The average molecular weight is 333 g/mol. The summed E-state index contributed by atoms with van der Waals surface area (Å²) >= 11 is 0. The smallest absolute Gasteiger partial charge is 0.271 e. The van der Waals surface area contributed by atoms with Crippen molar-refractivity contribution in [3.05, 3.63) is 93.3 Å². The highest BCUT2D eigenvalue weighted by atomic mass is 16.6. The van der Waals surface area contributed by atoms with Gasteiger partial charge in [0.25, 0.3) is 5.69 Å². The minimum absolute atomic E-state index is 0.0873. The van der Waals surface area contributed by atoms with Gasteiger partial charge in [0.05, 0.1) is 17.2 Å². The Morgan fingerprint density at radius 3 is 2.56 bits per heavy atom. The molecule has 3 aromatic rings. The van der Waals surface area contributed by atoms with E-state index in [1.807, 2.05) is 67.1 Å². The molecule has 0 saturated heterocycles. The van der Waals surface area contributed by atoms with Crippen LogP contribution in [0.2, 0.25) is 0 Å². The Bertz CT molecular complexity index is 927. The summed E-state index contributed by atoms with van der Waals surface area (Å²) in [5, 5.41) is 11.0. The predicted octanol–water partition coefficient (Wildman–Crippen LogP) is 4.62. The van der Waals surface area contributed by atoms with Crippen LogP contribution in [0.15, 0.2) is 65.7 Å². The second kappa shape index (κ2) is 7.13. The number of nitro benzene ring substituents is 1. The summed E-state index contributed by atoms with van der Waals surface area (Å²) < 4.78 is 2.01. The number of rotatable bonds is 5. The van der Waals surface area contributed by atoms with Gasteiger partial charge in [-0.05, 0) is 31.5 Å². The van der Waals surface area contributed by atoms with E-state index in [9.17, 15) is 10.1 Å². The monoisotopic (exact) mass is 333 g/mol. The molecule has 0 N–H and O–H groups in total. The van der Waals surface area contributed by atoms with Crippen LogP contribution < -0.4 is 0 Å². The first-order chi connectivity index (χ1) is 12.1. The Balaban J connectivity index is 1.88. The number of non-ortho nitro benzene ring substituents is 1.